The molecule has 5 heteroatoms. The number of hydrogen-bond acceptors (Lipinski definition) is 3. The molecule has 0 spiro atoms. The molecule has 4 saturated carbocycles. The summed E-state index contributed by atoms with van der Waals surface area (Å²) >= 11 is 0. The molecule has 0 aromatic heterocycles. The van der Waals surface area contributed by atoms with Gasteiger partial charge in [0.05, 0.1) is 5.69 Å². The number of halogens is 1. The van der Waals surface area contributed by atoms with Crippen molar-refractivity contribution >= 4 is 17.3 Å². The Kier molecular flexibility index (Phi) is 4.87. The van der Waals surface area contributed by atoms with Crippen LogP contribution in [0.25, 0.3) is 0 Å². The van der Waals surface area contributed by atoms with Gasteiger partial charge < -0.3 is 16.4 Å². The van der Waals surface area contributed by atoms with Crippen LogP contribution in [0, 0.1) is 29.0 Å². The minimum atomic E-state index is -0.525. The third-order valence-electron chi connectivity index (χ3n) is 6.81. The van der Waals surface area contributed by atoms with Crippen LogP contribution in [0.15, 0.2) is 30.0 Å². The van der Waals surface area contributed by atoms with E-state index in [0.717, 1.165) is 30.7 Å². The van der Waals surface area contributed by atoms with Crippen LogP contribution < -0.4 is 16.4 Å². The number of allylic oxidation sites excluding steroid dienone is 1. The average molecular weight is 372 g/mol. The van der Waals surface area contributed by atoms with E-state index >= 15 is 0 Å². The number of rotatable bonds is 7. The third-order valence-corrected chi connectivity index (χ3v) is 6.81. The van der Waals surface area contributed by atoms with Crippen molar-refractivity contribution in [2.24, 2.45) is 28.9 Å². The summed E-state index contributed by atoms with van der Waals surface area (Å²) in [5.74, 6) is 2.06. The Bertz CT molecular complexity index is 723. The molecule has 4 aliphatic carbocycles. The van der Waals surface area contributed by atoms with Crippen molar-refractivity contribution in [3.05, 3.63) is 35.8 Å². The Hall–Kier alpha value is -2.04. The average Bonchev–Trinajstić information content (AvgIpc) is 2.54. The first-order chi connectivity index (χ1) is 12.9. The number of hydrogen-bond donors (Lipinski definition) is 3. The first-order valence-corrected chi connectivity index (χ1v) is 10.2. The molecule has 4 N–H and O–H groups in total. The molecule has 146 valence electrons. The van der Waals surface area contributed by atoms with Crippen molar-refractivity contribution in [3.63, 3.8) is 0 Å². The van der Waals surface area contributed by atoms with Crippen molar-refractivity contribution in [1.82, 2.24) is 0 Å². The van der Waals surface area contributed by atoms with Gasteiger partial charge in [0.25, 0.3) is 0 Å². The molecule has 0 aliphatic heterocycles. The van der Waals surface area contributed by atoms with E-state index in [1.807, 2.05) is 6.07 Å². The van der Waals surface area contributed by atoms with Gasteiger partial charge in [0.15, 0.2) is 0 Å². The number of nitrogens with one attached hydrogen (secondary N) is 2. The first kappa shape index (κ1) is 18.3. The van der Waals surface area contributed by atoms with Crippen LogP contribution in [0.5, 0.6) is 0 Å². The smallest absolute Gasteiger partial charge is 0.243 e. The molecule has 5 rings (SSSR count). The summed E-state index contributed by atoms with van der Waals surface area (Å²) in [6, 6.07) is 5.02. The summed E-state index contributed by atoms with van der Waals surface area (Å²) in [5.41, 5.74) is 7.37. The summed E-state index contributed by atoms with van der Waals surface area (Å²) in [4.78, 5) is 10.9. The van der Waals surface area contributed by atoms with Gasteiger partial charge in [-0.2, -0.15) is 0 Å². The number of benzene rings is 1. The number of primary amides is 1. The van der Waals surface area contributed by atoms with Gasteiger partial charge in [-0.05, 0) is 93.2 Å². The fraction of sp³-hybridized carbons (Fsp3) is 0.591. The van der Waals surface area contributed by atoms with Crippen LogP contribution in [-0.2, 0) is 4.79 Å². The summed E-state index contributed by atoms with van der Waals surface area (Å²) in [6.45, 7) is 2.55. The molecule has 0 unspecified atom stereocenters. The lowest BCUT2D eigenvalue weighted by molar-refractivity contribution is -0.113. The van der Waals surface area contributed by atoms with Gasteiger partial charge in [-0.1, -0.05) is 0 Å². The zero-order valence-electron chi connectivity index (χ0n) is 16.1. The maximum atomic E-state index is 14.4. The normalized spacial score (nSPS) is 31.8. The molecule has 1 aromatic carbocycles. The van der Waals surface area contributed by atoms with E-state index in [9.17, 15) is 9.18 Å². The van der Waals surface area contributed by atoms with Crippen molar-refractivity contribution in [2.45, 2.75) is 51.9 Å². The highest BCUT2D eigenvalue weighted by atomic mass is 19.1. The highest BCUT2D eigenvalue weighted by Gasteiger charge is 2.50. The number of nitrogens with two attached hydrogens (primary N) is 1. The Morgan fingerprint density at radius 3 is 2.41 bits per heavy atom. The zero-order valence-corrected chi connectivity index (χ0v) is 16.1. The molecule has 27 heavy (non-hydrogen) atoms. The molecule has 4 bridgehead atoms. The lowest BCUT2D eigenvalue weighted by Crippen LogP contribution is -2.46. The first-order valence-electron chi connectivity index (χ1n) is 10.2. The fourth-order valence-electron chi connectivity index (χ4n) is 6.27. The standard InChI is InChI=1S/C22H30FN3O/c1-14(6-21(24)27)26-18-2-3-20(19(23)10-18)25-5-4-22-11-15-7-16(12-22)9-17(8-15)13-22/h2-3,6,10,15-17,25-26H,4-5,7-9,11-13H2,1H3,(H2,24,27). The summed E-state index contributed by atoms with van der Waals surface area (Å²) in [5, 5.41) is 6.29. The van der Waals surface area contributed by atoms with Crippen molar-refractivity contribution in [2.75, 3.05) is 17.2 Å². The van der Waals surface area contributed by atoms with Gasteiger partial charge in [-0.3, -0.25) is 4.79 Å². The second-order valence-corrected chi connectivity index (χ2v) is 9.14. The van der Waals surface area contributed by atoms with Crippen molar-refractivity contribution in [3.8, 4) is 0 Å². The molecule has 4 fully saturated rings. The predicted molar refractivity (Wildman–Crippen MR) is 107 cm³/mol. The SMILES string of the molecule is CC(=CC(N)=O)Nc1ccc(NCCC23CC4CC(CC(C4)C2)C3)c(F)c1. The number of amides is 1. The highest BCUT2D eigenvalue weighted by molar-refractivity contribution is 5.87. The Morgan fingerprint density at radius 1 is 1.22 bits per heavy atom. The zero-order chi connectivity index (χ0) is 19.0. The van der Waals surface area contributed by atoms with E-state index < -0.39 is 5.91 Å². The Labute approximate surface area is 160 Å². The lowest BCUT2D eigenvalue weighted by Gasteiger charge is -2.57. The summed E-state index contributed by atoms with van der Waals surface area (Å²) in [6.07, 6.45) is 11.0. The quantitative estimate of drug-likeness (QED) is 0.612. The van der Waals surface area contributed by atoms with Crippen LogP contribution in [0.2, 0.25) is 0 Å². The van der Waals surface area contributed by atoms with Gasteiger partial charge in [0.1, 0.15) is 5.82 Å². The molecule has 1 amide bonds. The molecule has 4 nitrogen and oxygen atoms in total. The van der Waals surface area contributed by atoms with E-state index in [-0.39, 0.29) is 5.82 Å². The number of carbonyl (C=O) groups is 1. The van der Waals surface area contributed by atoms with E-state index in [1.54, 1.807) is 13.0 Å². The Balaban J connectivity index is 1.33. The van der Waals surface area contributed by atoms with Gasteiger partial charge in [0, 0.05) is 24.0 Å². The maximum absolute atomic E-state index is 14.4. The molecule has 4 aliphatic rings. The second kappa shape index (κ2) is 7.17. The van der Waals surface area contributed by atoms with Gasteiger partial charge >= 0.3 is 0 Å². The monoisotopic (exact) mass is 371 g/mol. The van der Waals surface area contributed by atoms with E-state index in [1.165, 1.54) is 50.7 Å². The van der Waals surface area contributed by atoms with Crippen molar-refractivity contribution in [1.29, 1.82) is 0 Å². The van der Waals surface area contributed by atoms with Crippen LogP contribution in [0.1, 0.15) is 51.9 Å². The minimum Gasteiger partial charge on any atom is -0.383 e. The maximum Gasteiger partial charge on any atom is 0.243 e. The van der Waals surface area contributed by atoms with Gasteiger partial charge in [-0.15, -0.1) is 0 Å². The number of anilines is 2. The fourth-order valence-corrected chi connectivity index (χ4v) is 6.27. The molecular weight excluding hydrogens is 341 g/mol. The van der Waals surface area contributed by atoms with Gasteiger partial charge in [-0.25, -0.2) is 4.39 Å². The molecule has 1 aromatic rings. The van der Waals surface area contributed by atoms with E-state index in [2.05, 4.69) is 10.6 Å². The van der Waals surface area contributed by atoms with E-state index in [4.69, 9.17) is 5.73 Å². The van der Waals surface area contributed by atoms with Crippen LogP contribution in [0.4, 0.5) is 15.8 Å². The molecule has 0 saturated heterocycles. The Morgan fingerprint density at radius 2 is 1.85 bits per heavy atom. The summed E-state index contributed by atoms with van der Waals surface area (Å²) < 4.78 is 14.4. The van der Waals surface area contributed by atoms with Crippen LogP contribution in [0.3, 0.4) is 0 Å². The molecule has 0 heterocycles. The third kappa shape index (κ3) is 4.12. The van der Waals surface area contributed by atoms with Crippen molar-refractivity contribution < 1.29 is 9.18 Å². The topological polar surface area (TPSA) is 67.2 Å². The van der Waals surface area contributed by atoms with Gasteiger partial charge in [0.2, 0.25) is 5.91 Å². The van der Waals surface area contributed by atoms with Crippen LogP contribution >= 0.6 is 0 Å². The molecule has 0 atom stereocenters. The lowest BCUT2D eigenvalue weighted by atomic mass is 9.49. The van der Waals surface area contributed by atoms with E-state index in [0.29, 0.717) is 22.5 Å². The van der Waals surface area contributed by atoms with Crippen LogP contribution in [-0.4, -0.2) is 12.5 Å². The summed E-state index contributed by atoms with van der Waals surface area (Å²) in [7, 11) is 0. The second-order valence-electron chi connectivity index (χ2n) is 9.14. The number of carbonyl (C=O) groups excluding carboxylic acids is 1. The largest absolute Gasteiger partial charge is 0.383 e. The minimum absolute atomic E-state index is 0.280. The molecule has 0 radical (unpaired) electrons. The predicted octanol–water partition coefficient (Wildman–Crippen LogP) is 4.65. The highest BCUT2D eigenvalue weighted by Crippen LogP contribution is 2.61. The molecular formula is C22H30FN3O.